The number of nitriles is 3. The van der Waals surface area contributed by atoms with Gasteiger partial charge in [-0.2, -0.15) is 15.8 Å². The van der Waals surface area contributed by atoms with Gasteiger partial charge in [0.2, 0.25) is 0 Å². The summed E-state index contributed by atoms with van der Waals surface area (Å²) in [7, 11) is 0. The average Bonchev–Trinajstić information content (AvgIpc) is 3.19. The molecule has 1 aliphatic rings. The minimum atomic E-state index is -1.41. The predicted octanol–water partition coefficient (Wildman–Crippen LogP) is 4.69. The summed E-state index contributed by atoms with van der Waals surface area (Å²) < 4.78 is 0.842. The van der Waals surface area contributed by atoms with Crippen molar-refractivity contribution < 1.29 is 0 Å². The molecule has 5 heteroatoms. The van der Waals surface area contributed by atoms with Crippen molar-refractivity contribution in [1.82, 2.24) is 0 Å². The Kier molecular flexibility index (Phi) is 3.65. The Bertz CT molecular complexity index is 888. The molecule has 3 nitrogen and oxygen atoms in total. The first kappa shape index (κ1) is 15.6. The van der Waals surface area contributed by atoms with E-state index in [-0.39, 0.29) is 0 Å². The second-order valence-electron chi connectivity index (χ2n) is 5.45. The van der Waals surface area contributed by atoms with E-state index in [2.05, 4.69) is 34.1 Å². The zero-order valence-corrected chi connectivity index (χ0v) is 14.1. The number of hydrogen-bond acceptors (Lipinski definition) is 3. The van der Waals surface area contributed by atoms with Crippen LogP contribution in [0.2, 0.25) is 5.02 Å². The summed E-state index contributed by atoms with van der Waals surface area (Å²) in [6.45, 7) is 0. The van der Waals surface area contributed by atoms with E-state index in [4.69, 9.17) is 11.6 Å². The lowest BCUT2D eigenvalue weighted by Gasteiger charge is -2.10. The summed E-state index contributed by atoms with van der Waals surface area (Å²) in [6, 6.07) is 20.6. The van der Waals surface area contributed by atoms with E-state index in [9.17, 15) is 15.8 Å². The molecular formula is C18H9BrClN3. The normalized spacial score (nSPS) is 24.0. The lowest BCUT2D eigenvalue weighted by Crippen LogP contribution is -2.14. The van der Waals surface area contributed by atoms with Gasteiger partial charge in [0.25, 0.3) is 0 Å². The topological polar surface area (TPSA) is 71.4 Å². The van der Waals surface area contributed by atoms with Gasteiger partial charge >= 0.3 is 0 Å². The highest BCUT2D eigenvalue weighted by Crippen LogP contribution is 2.74. The summed E-state index contributed by atoms with van der Waals surface area (Å²) in [5.41, 5.74) is -1.17. The number of benzene rings is 2. The summed E-state index contributed by atoms with van der Waals surface area (Å²) in [5, 5.41) is 29.8. The van der Waals surface area contributed by atoms with Crippen molar-refractivity contribution in [2.45, 2.75) is 11.3 Å². The molecule has 23 heavy (non-hydrogen) atoms. The molecule has 0 unspecified atom stereocenters. The van der Waals surface area contributed by atoms with Gasteiger partial charge in [-0.25, -0.2) is 0 Å². The molecular weight excluding hydrogens is 374 g/mol. The first-order valence-electron chi connectivity index (χ1n) is 6.81. The van der Waals surface area contributed by atoms with Gasteiger partial charge in [0.1, 0.15) is 5.41 Å². The standard InChI is InChI=1S/C18H9BrClN3/c19-14-3-1-2-12(8-14)16-17(9-21,10-22)18(16,11-23)13-4-6-15(20)7-5-13/h1-8,16H/t16-,18-/m1/s1. The van der Waals surface area contributed by atoms with Crippen LogP contribution in [0.1, 0.15) is 17.0 Å². The van der Waals surface area contributed by atoms with Crippen LogP contribution in [0.4, 0.5) is 0 Å². The van der Waals surface area contributed by atoms with Gasteiger partial charge < -0.3 is 0 Å². The van der Waals surface area contributed by atoms with Crippen molar-refractivity contribution in [2.24, 2.45) is 5.41 Å². The third-order valence-electron chi connectivity index (χ3n) is 4.42. The molecule has 0 saturated heterocycles. The molecule has 2 aromatic rings. The molecule has 1 fully saturated rings. The lowest BCUT2D eigenvalue weighted by atomic mass is 9.88. The fraction of sp³-hybridized carbons (Fsp3) is 0.167. The van der Waals surface area contributed by atoms with Crippen LogP contribution in [0, 0.1) is 39.4 Å². The maximum Gasteiger partial charge on any atom is 0.175 e. The maximum atomic E-state index is 9.88. The lowest BCUT2D eigenvalue weighted by molar-refractivity contribution is 0.742. The van der Waals surface area contributed by atoms with Gasteiger partial charge in [-0.1, -0.05) is 51.8 Å². The Morgan fingerprint density at radius 2 is 1.61 bits per heavy atom. The van der Waals surface area contributed by atoms with Gasteiger partial charge in [0.05, 0.1) is 18.2 Å². The number of nitrogens with zero attached hydrogens (tertiary/aromatic N) is 3. The highest BCUT2D eigenvalue weighted by Gasteiger charge is 2.81. The van der Waals surface area contributed by atoms with Crippen molar-refractivity contribution in [3.05, 3.63) is 69.2 Å². The second kappa shape index (κ2) is 5.39. The van der Waals surface area contributed by atoms with Crippen molar-refractivity contribution in [1.29, 1.82) is 15.8 Å². The van der Waals surface area contributed by atoms with Crippen molar-refractivity contribution in [3.63, 3.8) is 0 Å². The van der Waals surface area contributed by atoms with Gasteiger partial charge in [0.15, 0.2) is 5.41 Å². The van der Waals surface area contributed by atoms with Gasteiger partial charge in [0, 0.05) is 15.4 Å². The predicted molar refractivity (Wildman–Crippen MR) is 89.3 cm³/mol. The SMILES string of the molecule is N#CC1(C#N)[C@@H](c2cccc(Br)c2)[C@@]1(C#N)c1ccc(Cl)cc1. The Morgan fingerprint density at radius 1 is 0.957 bits per heavy atom. The van der Waals surface area contributed by atoms with Gasteiger partial charge in [-0.3, -0.25) is 0 Å². The molecule has 110 valence electrons. The number of rotatable bonds is 2. The molecule has 0 aliphatic heterocycles. The average molecular weight is 383 g/mol. The summed E-state index contributed by atoms with van der Waals surface area (Å²) in [5.74, 6) is -0.506. The minimum absolute atomic E-state index is 0.506. The van der Waals surface area contributed by atoms with Crippen LogP contribution in [0.25, 0.3) is 0 Å². The Balaban J connectivity index is 2.23. The molecule has 1 saturated carbocycles. The minimum Gasteiger partial charge on any atom is -0.197 e. The summed E-state index contributed by atoms with van der Waals surface area (Å²) in [4.78, 5) is 0. The third kappa shape index (κ3) is 1.98. The van der Waals surface area contributed by atoms with Crippen molar-refractivity contribution >= 4 is 27.5 Å². The molecule has 2 aromatic carbocycles. The molecule has 0 aromatic heterocycles. The van der Waals surface area contributed by atoms with E-state index in [1.807, 2.05) is 24.3 Å². The Hall–Kier alpha value is -2.32. The van der Waals surface area contributed by atoms with Gasteiger partial charge in [-0.15, -0.1) is 0 Å². The fourth-order valence-corrected chi connectivity index (χ4v) is 3.86. The largest absolute Gasteiger partial charge is 0.197 e. The Morgan fingerprint density at radius 3 is 2.13 bits per heavy atom. The highest BCUT2D eigenvalue weighted by molar-refractivity contribution is 9.10. The van der Waals surface area contributed by atoms with E-state index >= 15 is 0 Å². The first-order valence-corrected chi connectivity index (χ1v) is 7.98. The van der Waals surface area contributed by atoms with E-state index in [0.717, 1.165) is 10.0 Å². The Labute approximate surface area is 147 Å². The second-order valence-corrected chi connectivity index (χ2v) is 6.80. The quantitative estimate of drug-likeness (QED) is 0.756. The third-order valence-corrected chi connectivity index (χ3v) is 5.16. The summed E-state index contributed by atoms with van der Waals surface area (Å²) in [6.07, 6.45) is 0. The molecule has 0 heterocycles. The van der Waals surface area contributed by atoms with Crippen LogP contribution >= 0.6 is 27.5 Å². The monoisotopic (exact) mass is 381 g/mol. The number of halogens is 2. The molecule has 1 aliphatic carbocycles. The zero-order valence-electron chi connectivity index (χ0n) is 11.8. The highest BCUT2D eigenvalue weighted by atomic mass is 79.9. The fourth-order valence-electron chi connectivity index (χ4n) is 3.32. The smallest absolute Gasteiger partial charge is 0.175 e. The van der Waals surface area contributed by atoms with E-state index < -0.39 is 16.7 Å². The zero-order chi connectivity index (χ0) is 16.7. The molecule has 0 bridgehead atoms. The van der Waals surface area contributed by atoms with E-state index in [0.29, 0.717) is 10.6 Å². The van der Waals surface area contributed by atoms with Crippen molar-refractivity contribution in [2.75, 3.05) is 0 Å². The van der Waals surface area contributed by atoms with Crippen LogP contribution in [0.3, 0.4) is 0 Å². The van der Waals surface area contributed by atoms with Crippen molar-refractivity contribution in [3.8, 4) is 18.2 Å². The van der Waals surface area contributed by atoms with Crippen LogP contribution in [-0.4, -0.2) is 0 Å². The molecule has 0 spiro atoms. The van der Waals surface area contributed by atoms with Crippen LogP contribution in [-0.2, 0) is 5.41 Å². The number of hydrogen-bond donors (Lipinski definition) is 0. The van der Waals surface area contributed by atoms with E-state index in [1.165, 1.54) is 0 Å². The van der Waals surface area contributed by atoms with Gasteiger partial charge in [-0.05, 0) is 35.4 Å². The molecule has 2 atom stereocenters. The van der Waals surface area contributed by atoms with Crippen LogP contribution in [0.15, 0.2) is 53.0 Å². The van der Waals surface area contributed by atoms with Crippen LogP contribution < -0.4 is 0 Å². The molecule has 0 amide bonds. The molecule has 3 rings (SSSR count). The summed E-state index contributed by atoms with van der Waals surface area (Å²) >= 11 is 9.32. The first-order chi connectivity index (χ1) is 11.1. The molecule has 0 radical (unpaired) electrons. The maximum absolute atomic E-state index is 9.88. The van der Waals surface area contributed by atoms with Crippen LogP contribution in [0.5, 0.6) is 0 Å². The van der Waals surface area contributed by atoms with E-state index in [1.54, 1.807) is 24.3 Å². The molecule has 0 N–H and O–H groups in total.